The van der Waals surface area contributed by atoms with Crippen LogP contribution < -0.4 is 4.67 Å². The molecule has 3 rings (SSSR count). The number of nitrogens with zero attached hydrogens (tertiary/aromatic N) is 2. The molecule has 7 heteroatoms. The second-order valence-electron chi connectivity index (χ2n) is 4.85. The second kappa shape index (κ2) is 4.76. The maximum Gasteiger partial charge on any atom is 0.300 e. The van der Waals surface area contributed by atoms with Crippen LogP contribution in [-0.4, -0.2) is 29.8 Å². The Balaban J connectivity index is 2.15. The maximum absolute atomic E-state index is 13.4. The molecule has 0 bridgehead atoms. The summed E-state index contributed by atoms with van der Waals surface area (Å²) >= 11 is 0. The van der Waals surface area contributed by atoms with Gasteiger partial charge < -0.3 is 14.2 Å². The molecule has 2 unspecified atom stereocenters. The molecule has 0 aliphatic carbocycles. The van der Waals surface area contributed by atoms with Gasteiger partial charge in [0.05, 0.1) is 17.5 Å². The molecule has 2 atom stereocenters. The van der Waals surface area contributed by atoms with Crippen LogP contribution in [0.1, 0.15) is 22.0 Å². The number of hydrogen-bond donors (Lipinski definition) is 1. The summed E-state index contributed by atoms with van der Waals surface area (Å²) in [6.07, 6.45) is 1.39. The number of carbonyl (C=O) groups excluding carboxylic acids is 1. The van der Waals surface area contributed by atoms with Crippen LogP contribution in [0.3, 0.4) is 0 Å². The lowest BCUT2D eigenvalue weighted by Gasteiger charge is -2.42. The first-order chi connectivity index (χ1) is 9.98. The summed E-state index contributed by atoms with van der Waals surface area (Å²) in [5, 5.41) is 10.5. The van der Waals surface area contributed by atoms with Crippen molar-refractivity contribution in [2.75, 3.05) is 18.8 Å². The van der Waals surface area contributed by atoms with Gasteiger partial charge in [0.15, 0.2) is 0 Å². The highest BCUT2D eigenvalue weighted by Gasteiger charge is 2.49. The summed E-state index contributed by atoms with van der Waals surface area (Å²) in [5.74, 6) is -1.61. The van der Waals surface area contributed by atoms with E-state index in [2.05, 4.69) is 0 Å². The van der Waals surface area contributed by atoms with E-state index in [0.29, 0.717) is 11.3 Å². The van der Waals surface area contributed by atoms with E-state index >= 15 is 0 Å². The Morgan fingerprint density at radius 1 is 1.14 bits per heavy atom. The average Bonchev–Trinajstić information content (AvgIpc) is 3.04. The number of aliphatic hydroxyl groups excluding tert-OH is 1. The zero-order valence-electron chi connectivity index (χ0n) is 11.6. The molecular formula is C14H15N2O4P. The minimum absolute atomic E-state index is 0.171. The van der Waals surface area contributed by atoms with Crippen LogP contribution in [0.25, 0.3) is 0 Å². The summed E-state index contributed by atoms with van der Waals surface area (Å²) in [7, 11) is -0.547. The normalized spacial score (nSPS) is 23.1. The molecule has 1 aliphatic heterocycles. The SMILES string of the molecule is CN1C(=O)c2ccccc2N(C)P1(=O)C(O)c1ccco1. The van der Waals surface area contributed by atoms with Gasteiger partial charge in [0.2, 0.25) is 5.85 Å². The summed E-state index contributed by atoms with van der Waals surface area (Å²) in [5.41, 5.74) is 0.996. The number of furan rings is 1. The van der Waals surface area contributed by atoms with Gasteiger partial charge in [0.1, 0.15) is 5.76 Å². The largest absolute Gasteiger partial charge is 0.466 e. The molecule has 110 valence electrons. The number of rotatable bonds is 2. The molecule has 2 heterocycles. The topological polar surface area (TPSA) is 74.0 Å². The smallest absolute Gasteiger partial charge is 0.300 e. The number of fused-ring (bicyclic) bond motifs is 1. The maximum atomic E-state index is 13.4. The van der Waals surface area contributed by atoms with Crippen molar-refractivity contribution in [2.24, 2.45) is 0 Å². The van der Waals surface area contributed by atoms with Crippen LogP contribution in [0, 0.1) is 0 Å². The van der Waals surface area contributed by atoms with Crippen molar-refractivity contribution in [3.05, 3.63) is 54.0 Å². The third-order valence-electron chi connectivity index (χ3n) is 3.75. The predicted molar refractivity (Wildman–Crippen MR) is 78.2 cm³/mol. The van der Waals surface area contributed by atoms with Gasteiger partial charge in [-0.1, -0.05) is 12.1 Å². The Labute approximate surface area is 122 Å². The quantitative estimate of drug-likeness (QED) is 0.863. The molecule has 2 aromatic rings. The molecule has 21 heavy (non-hydrogen) atoms. The van der Waals surface area contributed by atoms with Crippen molar-refractivity contribution in [3.63, 3.8) is 0 Å². The molecule has 1 amide bonds. The average molecular weight is 306 g/mol. The van der Waals surface area contributed by atoms with Crippen molar-refractivity contribution in [3.8, 4) is 0 Å². The number of anilines is 1. The van der Waals surface area contributed by atoms with Gasteiger partial charge in [-0.05, 0) is 24.3 Å². The third-order valence-corrected chi connectivity index (χ3v) is 6.76. The fraction of sp³-hybridized carbons (Fsp3) is 0.214. The zero-order chi connectivity index (χ0) is 15.2. The third kappa shape index (κ3) is 1.83. The molecule has 0 saturated heterocycles. The number of hydrogen-bond acceptors (Lipinski definition) is 4. The van der Waals surface area contributed by atoms with Crippen molar-refractivity contribution in [1.29, 1.82) is 0 Å². The van der Waals surface area contributed by atoms with Gasteiger partial charge in [0.25, 0.3) is 5.91 Å². The van der Waals surface area contributed by atoms with E-state index in [1.54, 1.807) is 37.4 Å². The van der Waals surface area contributed by atoms with Crippen molar-refractivity contribution in [2.45, 2.75) is 5.85 Å². The van der Waals surface area contributed by atoms with Gasteiger partial charge in [-0.3, -0.25) is 14.0 Å². The van der Waals surface area contributed by atoms with Gasteiger partial charge in [0, 0.05) is 14.1 Å². The van der Waals surface area contributed by atoms with E-state index in [1.165, 1.54) is 24.0 Å². The molecule has 0 radical (unpaired) electrons. The Kier molecular flexibility index (Phi) is 3.15. The van der Waals surface area contributed by atoms with Crippen LogP contribution in [0.5, 0.6) is 0 Å². The molecule has 0 fully saturated rings. The lowest BCUT2D eigenvalue weighted by molar-refractivity contribution is 0.0864. The Morgan fingerprint density at radius 3 is 2.52 bits per heavy atom. The lowest BCUT2D eigenvalue weighted by atomic mass is 10.1. The summed E-state index contributed by atoms with van der Waals surface area (Å²) in [4.78, 5) is 12.4. The first-order valence-electron chi connectivity index (χ1n) is 6.41. The Bertz CT molecular complexity index is 728. The fourth-order valence-corrected chi connectivity index (χ4v) is 4.92. The Hall–Kier alpha value is -2.04. The van der Waals surface area contributed by atoms with Crippen molar-refractivity contribution < 1.29 is 18.9 Å². The van der Waals surface area contributed by atoms with Crippen LogP contribution >= 0.6 is 7.44 Å². The highest BCUT2D eigenvalue weighted by atomic mass is 31.2. The number of aliphatic hydroxyl groups is 1. The van der Waals surface area contributed by atoms with Gasteiger partial charge in [-0.15, -0.1) is 0 Å². The van der Waals surface area contributed by atoms with E-state index in [-0.39, 0.29) is 11.7 Å². The first kappa shape index (κ1) is 13.9. The van der Waals surface area contributed by atoms with E-state index in [9.17, 15) is 14.5 Å². The van der Waals surface area contributed by atoms with Gasteiger partial charge in [-0.2, -0.15) is 0 Å². The highest BCUT2D eigenvalue weighted by Crippen LogP contribution is 2.65. The standard InChI is InChI=1S/C14H15N2O4P/c1-15-11-7-4-3-6-10(11)13(17)16(2)21(15,19)14(18)12-8-5-9-20-12/h3-9,14,18H,1-2H3. The second-order valence-corrected chi connectivity index (χ2v) is 7.72. The summed E-state index contributed by atoms with van der Waals surface area (Å²) in [6.45, 7) is 0. The van der Waals surface area contributed by atoms with E-state index < -0.39 is 13.3 Å². The van der Waals surface area contributed by atoms with Crippen LogP contribution in [0.15, 0.2) is 47.1 Å². The van der Waals surface area contributed by atoms with Crippen molar-refractivity contribution >= 4 is 19.0 Å². The Morgan fingerprint density at radius 2 is 1.86 bits per heavy atom. The molecule has 6 nitrogen and oxygen atoms in total. The van der Waals surface area contributed by atoms with Crippen LogP contribution in [0.4, 0.5) is 5.69 Å². The number of amides is 1. The summed E-state index contributed by atoms with van der Waals surface area (Å²) in [6, 6.07) is 10.0. The molecular weight excluding hydrogens is 291 g/mol. The van der Waals surface area contributed by atoms with Gasteiger partial charge >= 0.3 is 7.44 Å². The molecule has 0 spiro atoms. The van der Waals surface area contributed by atoms with Gasteiger partial charge in [-0.25, -0.2) is 0 Å². The monoisotopic (exact) mass is 306 g/mol. The zero-order valence-corrected chi connectivity index (χ0v) is 12.5. The molecule has 1 aliphatic rings. The minimum atomic E-state index is -3.58. The number of carbonyl (C=O) groups is 1. The van der Waals surface area contributed by atoms with Crippen LogP contribution in [0.2, 0.25) is 0 Å². The highest BCUT2D eigenvalue weighted by molar-refractivity contribution is 7.64. The van der Waals surface area contributed by atoms with E-state index in [1.807, 2.05) is 0 Å². The first-order valence-corrected chi connectivity index (χ1v) is 8.09. The number of benzene rings is 1. The predicted octanol–water partition coefficient (Wildman–Crippen LogP) is 2.69. The fourth-order valence-electron chi connectivity index (χ4n) is 2.53. The molecule has 1 N–H and O–H groups in total. The summed E-state index contributed by atoms with van der Waals surface area (Å²) < 4.78 is 21.1. The molecule has 1 aromatic carbocycles. The lowest BCUT2D eigenvalue weighted by Crippen LogP contribution is -2.39. The van der Waals surface area contributed by atoms with Crippen LogP contribution in [-0.2, 0) is 4.57 Å². The van der Waals surface area contributed by atoms with E-state index in [0.717, 1.165) is 4.67 Å². The van der Waals surface area contributed by atoms with E-state index in [4.69, 9.17) is 4.42 Å². The minimum Gasteiger partial charge on any atom is -0.466 e. The number of para-hydroxylation sites is 1. The van der Waals surface area contributed by atoms with Crippen molar-refractivity contribution in [1.82, 2.24) is 4.67 Å². The molecule has 1 aromatic heterocycles. The molecule has 0 saturated carbocycles.